The molecule has 0 bridgehead atoms. The van der Waals surface area contributed by atoms with Crippen molar-refractivity contribution in [2.75, 3.05) is 32.8 Å². The predicted octanol–water partition coefficient (Wildman–Crippen LogP) is 2.06. The Labute approximate surface area is 147 Å². The van der Waals surface area contributed by atoms with Crippen LogP contribution in [-0.2, 0) is 16.1 Å². The molecule has 3 aliphatic rings. The van der Waals surface area contributed by atoms with Gasteiger partial charge in [0.05, 0.1) is 24.4 Å². The molecule has 3 fully saturated rings. The Bertz CT molecular complexity index is 587. The molecule has 3 atom stereocenters. The van der Waals surface area contributed by atoms with Crippen LogP contribution in [0, 0.1) is 30.6 Å². The maximum atomic E-state index is 12.2. The summed E-state index contributed by atoms with van der Waals surface area (Å²) in [6, 6.07) is 0. The minimum atomic E-state index is 0.216. The molecule has 1 aromatic heterocycles. The Morgan fingerprint density at radius 2 is 2.29 bits per heavy atom. The summed E-state index contributed by atoms with van der Waals surface area (Å²) in [5.41, 5.74) is 3.09. The summed E-state index contributed by atoms with van der Waals surface area (Å²) < 4.78 is 5.83. The van der Waals surface area contributed by atoms with Gasteiger partial charge in [-0.1, -0.05) is 0 Å². The largest absolute Gasteiger partial charge is 0.381 e. The SMILES string of the molecule is Cc1ncsc1CN1C[C@@H]2COC[C@@H](CC(=O)NCC3CC3)[C@@H]2C1. The number of carbonyl (C=O) groups is 1. The van der Waals surface area contributed by atoms with Crippen molar-refractivity contribution < 1.29 is 9.53 Å². The van der Waals surface area contributed by atoms with Gasteiger partial charge in [-0.3, -0.25) is 9.69 Å². The summed E-state index contributed by atoms with van der Waals surface area (Å²) in [5.74, 6) is 2.50. The summed E-state index contributed by atoms with van der Waals surface area (Å²) in [6.45, 7) is 7.72. The van der Waals surface area contributed by atoms with Crippen LogP contribution in [0.3, 0.4) is 0 Å². The number of hydrogen-bond acceptors (Lipinski definition) is 5. The van der Waals surface area contributed by atoms with Gasteiger partial charge >= 0.3 is 0 Å². The van der Waals surface area contributed by atoms with Gasteiger partial charge in [0.2, 0.25) is 5.91 Å². The minimum absolute atomic E-state index is 0.216. The van der Waals surface area contributed by atoms with Crippen molar-refractivity contribution in [3.8, 4) is 0 Å². The van der Waals surface area contributed by atoms with Gasteiger partial charge in [-0.05, 0) is 43.4 Å². The number of amides is 1. The fraction of sp³-hybridized carbons (Fsp3) is 0.778. The van der Waals surface area contributed by atoms with Gasteiger partial charge in [0.1, 0.15) is 0 Å². The number of likely N-dealkylation sites (tertiary alicyclic amines) is 1. The average Bonchev–Trinajstić information content (AvgIpc) is 3.17. The number of aromatic nitrogens is 1. The second-order valence-electron chi connectivity index (χ2n) is 7.73. The Balaban J connectivity index is 1.32. The van der Waals surface area contributed by atoms with Crippen LogP contribution in [-0.4, -0.2) is 48.6 Å². The third-order valence-electron chi connectivity index (χ3n) is 5.78. The van der Waals surface area contributed by atoms with E-state index in [1.807, 2.05) is 5.51 Å². The molecule has 0 unspecified atom stereocenters. The van der Waals surface area contributed by atoms with Crippen molar-refractivity contribution in [1.82, 2.24) is 15.2 Å². The first-order valence-electron chi connectivity index (χ1n) is 9.15. The van der Waals surface area contributed by atoms with Crippen LogP contribution >= 0.6 is 11.3 Å². The van der Waals surface area contributed by atoms with E-state index in [9.17, 15) is 4.79 Å². The second kappa shape index (κ2) is 7.10. The molecule has 1 aliphatic carbocycles. The van der Waals surface area contributed by atoms with E-state index in [0.717, 1.165) is 51.0 Å². The normalized spacial score (nSPS) is 30.3. The van der Waals surface area contributed by atoms with Gasteiger partial charge in [-0.15, -0.1) is 11.3 Å². The summed E-state index contributed by atoms with van der Waals surface area (Å²) in [6.07, 6.45) is 3.19. The molecule has 1 saturated carbocycles. The number of ether oxygens (including phenoxy) is 1. The number of carbonyl (C=O) groups excluding carboxylic acids is 1. The third kappa shape index (κ3) is 3.81. The lowest BCUT2D eigenvalue weighted by atomic mass is 9.81. The lowest BCUT2D eigenvalue weighted by molar-refractivity contribution is -0.124. The van der Waals surface area contributed by atoms with Crippen LogP contribution in [0.1, 0.15) is 29.8 Å². The average molecular weight is 350 g/mol. The van der Waals surface area contributed by atoms with E-state index in [0.29, 0.717) is 24.2 Å². The third-order valence-corrected chi connectivity index (χ3v) is 6.70. The molecule has 24 heavy (non-hydrogen) atoms. The Kier molecular flexibility index (Phi) is 4.88. The number of nitrogens with one attached hydrogen (secondary N) is 1. The van der Waals surface area contributed by atoms with Gasteiger partial charge in [-0.2, -0.15) is 0 Å². The zero-order chi connectivity index (χ0) is 16.5. The highest BCUT2D eigenvalue weighted by Gasteiger charge is 2.41. The summed E-state index contributed by atoms with van der Waals surface area (Å²) in [7, 11) is 0. The van der Waals surface area contributed by atoms with Crippen LogP contribution < -0.4 is 5.32 Å². The van der Waals surface area contributed by atoms with Crippen LogP contribution in [0.25, 0.3) is 0 Å². The van der Waals surface area contributed by atoms with E-state index < -0.39 is 0 Å². The van der Waals surface area contributed by atoms with Crippen molar-refractivity contribution in [2.45, 2.75) is 32.7 Å². The summed E-state index contributed by atoms with van der Waals surface area (Å²) >= 11 is 1.75. The lowest BCUT2D eigenvalue weighted by Crippen LogP contribution is -2.38. The van der Waals surface area contributed by atoms with Gasteiger partial charge in [0.15, 0.2) is 0 Å². The van der Waals surface area contributed by atoms with Gasteiger partial charge < -0.3 is 10.1 Å². The van der Waals surface area contributed by atoms with Gasteiger partial charge in [0.25, 0.3) is 0 Å². The molecule has 3 heterocycles. The van der Waals surface area contributed by atoms with E-state index in [-0.39, 0.29) is 5.91 Å². The van der Waals surface area contributed by atoms with Crippen molar-refractivity contribution in [3.63, 3.8) is 0 Å². The standard InChI is InChI=1S/C18H27N3O2S/c1-12-17(24-11-20-12)8-21-6-15-10-23-9-14(16(15)7-21)4-18(22)19-5-13-2-3-13/h11,13-16H,2-10H2,1H3,(H,19,22)/t14-,15-,16+/m1/s1. The number of thiazole rings is 1. The fourth-order valence-electron chi connectivity index (χ4n) is 4.10. The number of rotatable bonds is 6. The highest BCUT2D eigenvalue weighted by molar-refractivity contribution is 7.09. The monoisotopic (exact) mass is 349 g/mol. The molecule has 1 N–H and O–H groups in total. The zero-order valence-electron chi connectivity index (χ0n) is 14.4. The van der Waals surface area contributed by atoms with Crippen molar-refractivity contribution in [2.24, 2.45) is 23.7 Å². The predicted molar refractivity (Wildman–Crippen MR) is 93.8 cm³/mol. The molecular weight excluding hydrogens is 322 g/mol. The van der Waals surface area contributed by atoms with E-state index >= 15 is 0 Å². The highest BCUT2D eigenvalue weighted by atomic mass is 32.1. The Morgan fingerprint density at radius 3 is 3.04 bits per heavy atom. The first-order chi connectivity index (χ1) is 11.7. The summed E-state index contributed by atoms with van der Waals surface area (Å²) in [4.78, 5) is 20.5. The highest BCUT2D eigenvalue weighted by Crippen LogP contribution is 2.37. The minimum Gasteiger partial charge on any atom is -0.381 e. The Hall–Kier alpha value is -0.980. The number of aryl methyl sites for hydroxylation is 1. The molecule has 1 aromatic rings. The lowest BCUT2D eigenvalue weighted by Gasteiger charge is -2.32. The van der Waals surface area contributed by atoms with Crippen molar-refractivity contribution in [1.29, 1.82) is 0 Å². The zero-order valence-corrected chi connectivity index (χ0v) is 15.2. The maximum Gasteiger partial charge on any atom is 0.220 e. The molecule has 132 valence electrons. The molecule has 0 aromatic carbocycles. The summed E-state index contributed by atoms with van der Waals surface area (Å²) in [5, 5.41) is 3.11. The Morgan fingerprint density at radius 1 is 1.42 bits per heavy atom. The molecule has 2 aliphatic heterocycles. The van der Waals surface area contributed by atoms with Crippen LogP contribution in [0.4, 0.5) is 0 Å². The first-order valence-corrected chi connectivity index (χ1v) is 10.0. The molecule has 5 nitrogen and oxygen atoms in total. The van der Waals surface area contributed by atoms with E-state index in [4.69, 9.17) is 4.74 Å². The molecule has 4 rings (SSSR count). The first kappa shape index (κ1) is 16.5. The van der Waals surface area contributed by atoms with Gasteiger partial charge in [-0.25, -0.2) is 4.98 Å². The van der Waals surface area contributed by atoms with E-state index in [2.05, 4.69) is 22.1 Å². The van der Waals surface area contributed by atoms with Crippen LogP contribution in [0.5, 0.6) is 0 Å². The maximum absolute atomic E-state index is 12.2. The second-order valence-corrected chi connectivity index (χ2v) is 8.67. The number of hydrogen-bond donors (Lipinski definition) is 1. The van der Waals surface area contributed by atoms with Crippen LogP contribution in [0.2, 0.25) is 0 Å². The molecule has 1 amide bonds. The smallest absolute Gasteiger partial charge is 0.220 e. The van der Waals surface area contributed by atoms with Crippen molar-refractivity contribution >= 4 is 17.2 Å². The molecule has 0 spiro atoms. The molecule has 0 radical (unpaired) electrons. The van der Waals surface area contributed by atoms with E-state index in [1.54, 1.807) is 11.3 Å². The molecule has 6 heteroatoms. The molecular formula is C18H27N3O2S. The topological polar surface area (TPSA) is 54.5 Å². The van der Waals surface area contributed by atoms with Crippen LogP contribution in [0.15, 0.2) is 5.51 Å². The van der Waals surface area contributed by atoms with E-state index in [1.165, 1.54) is 17.7 Å². The fourth-order valence-corrected chi connectivity index (χ4v) is 4.92. The molecule has 2 saturated heterocycles. The number of nitrogens with zero attached hydrogens (tertiary/aromatic N) is 2. The van der Waals surface area contributed by atoms with Gasteiger partial charge in [0, 0.05) is 37.5 Å². The van der Waals surface area contributed by atoms with Crippen molar-refractivity contribution in [3.05, 3.63) is 16.1 Å². The quantitative estimate of drug-likeness (QED) is 0.854. The number of fused-ring (bicyclic) bond motifs is 1.